The standard InChI is InChI=1S/C23H30N2O6S2/c1-16(32-18-9-11-19(29-2)21(15-18)31-4)23(26)24-17-8-10-20(30-3)22(14-17)33(27,28)25-12-6-5-7-13-25/h8-11,14-16H,5-7,12-13H2,1-4H3,(H,24,26)/t16-/m0/s1. The van der Waals surface area contributed by atoms with Crippen LogP contribution in [0.15, 0.2) is 46.2 Å². The Morgan fingerprint density at radius 1 is 0.939 bits per heavy atom. The predicted molar refractivity (Wildman–Crippen MR) is 129 cm³/mol. The summed E-state index contributed by atoms with van der Waals surface area (Å²) in [7, 11) is 0.837. The minimum atomic E-state index is -3.72. The number of nitrogens with zero attached hydrogens (tertiary/aromatic N) is 1. The maximum absolute atomic E-state index is 13.2. The number of benzene rings is 2. The van der Waals surface area contributed by atoms with Gasteiger partial charge in [0.1, 0.15) is 10.6 Å². The number of ether oxygens (including phenoxy) is 3. The molecule has 1 aliphatic heterocycles. The maximum atomic E-state index is 13.2. The Bertz CT molecular complexity index is 1080. The normalized spacial score (nSPS) is 15.5. The lowest BCUT2D eigenvalue weighted by Crippen LogP contribution is -2.35. The highest BCUT2D eigenvalue weighted by Crippen LogP contribution is 2.34. The molecule has 8 nitrogen and oxygen atoms in total. The van der Waals surface area contributed by atoms with E-state index in [9.17, 15) is 13.2 Å². The second-order valence-corrected chi connectivity index (χ2v) is 10.9. The van der Waals surface area contributed by atoms with Crippen molar-refractivity contribution in [2.24, 2.45) is 0 Å². The molecule has 2 aromatic rings. The number of carbonyl (C=O) groups excluding carboxylic acids is 1. The van der Waals surface area contributed by atoms with Crippen LogP contribution in [0.5, 0.6) is 17.2 Å². The van der Waals surface area contributed by atoms with Gasteiger partial charge in [-0.2, -0.15) is 4.31 Å². The molecule has 10 heteroatoms. The summed E-state index contributed by atoms with van der Waals surface area (Å²) in [5.74, 6) is 1.20. The third-order valence-electron chi connectivity index (χ3n) is 5.40. The fraction of sp³-hybridized carbons (Fsp3) is 0.435. The molecule has 180 valence electrons. The zero-order chi connectivity index (χ0) is 24.0. The van der Waals surface area contributed by atoms with Gasteiger partial charge in [0.25, 0.3) is 0 Å². The van der Waals surface area contributed by atoms with Crippen molar-refractivity contribution in [1.82, 2.24) is 4.31 Å². The molecule has 0 aliphatic carbocycles. The number of methoxy groups -OCH3 is 3. The zero-order valence-corrected chi connectivity index (χ0v) is 20.9. The number of amides is 1. The van der Waals surface area contributed by atoms with E-state index in [0.29, 0.717) is 30.3 Å². The van der Waals surface area contributed by atoms with E-state index in [4.69, 9.17) is 14.2 Å². The van der Waals surface area contributed by atoms with Gasteiger partial charge in [0.05, 0.1) is 26.6 Å². The molecule has 1 aliphatic rings. The molecule has 1 N–H and O–H groups in total. The van der Waals surface area contributed by atoms with Crippen LogP contribution < -0.4 is 19.5 Å². The molecule has 33 heavy (non-hydrogen) atoms. The Kier molecular flexibility index (Phi) is 8.50. The van der Waals surface area contributed by atoms with Crippen LogP contribution in [0.3, 0.4) is 0 Å². The molecule has 0 spiro atoms. The molecule has 0 saturated carbocycles. The Labute approximate surface area is 199 Å². The summed E-state index contributed by atoms with van der Waals surface area (Å²) >= 11 is 1.36. The lowest BCUT2D eigenvalue weighted by atomic mass is 10.2. The van der Waals surface area contributed by atoms with Gasteiger partial charge in [0.15, 0.2) is 11.5 Å². The fourth-order valence-corrected chi connectivity index (χ4v) is 6.19. The van der Waals surface area contributed by atoms with Crippen LogP contribution in [0.1, 0.15) is 26.2 Å². The minimum absolute atomic E-state index is 0.0601. The molecule has 2 aromatic carbocycles. The van der Waals surface area contributed by atoms with Gasteiger partial charge < -0.3 is 19.5 Å². The third kappa shape index (κ3) is 5.93. The molecule has 1 fully saturated rings. The SMILES string of the molecule is COc1ccc(S[C@@H](C)C(=O)Nc2ccc(OC)c(S(=O)(=O)N3CCCCC3)c2)cc1OC. The van der Waals surface area contributed by atoms with Crippen molar-refractivity contribution in [1.29, 1.82) is 0 Å². The average Bonchev–Trinajstić information content (AvgIpc) is 2.84. The van der Waals surface area contributed by atoms with Crippen molar-refractivity contribution in [3.8, 4) is 17.2 Å². The Hall–Kier alpha value is -2.43. The first-order valence-electron chi connectivity index (χ1n) is 10.7. The van der Waals surface area contributed by atoms with Crippen molar-refractivity contribution in [2.45, 2.75) is 41.2 Å². The number of nitrogens with one attached hydrogen (secondary N) is 1. The highest BCUT2D eigenvalue weighted by molar-refractivity contribution is 8.00. The molecular formula is C23H30N2O6S2. The van der Waals surface area contributed by atoms with Crippen molar-refractivity contribution in [3.63, 3.8) is 0 Å². The topological polar surface area (TPSA) is 94.2 Å². The number of hydrogen-bond donors (Lipinski definition) is 1. The van der Waals surface area contributed by atoms with E-state index in [1.807, 2.05) is 12.1 Å². The zero-order valence-electron chi connectivity index (χ0n) is 19.3. The summed E-state index contributed by atoms with van der Waals surface area (Å²) in [4.78, 5) is 13.7. The lowest BCUT2D eigenvalue weighted by molar-refractivity contribution is -0.115. The Morgan fingerprint density at radius 2 is 1.58 bits per heavy atom. The Balaban J connectivity index is 1.76. The minimum Gasteiger partial charge on any atom is -0.495 e. The largest absolute Gasteiger partial charge is 0.495 e. The van der Waals surface area contributed by atoms with Gasteiger partial charge in [-0.05, 0) is 56.2 Å². The first kappa shape index (κ1) is 25.2. The lowest BCUT2D eigenvalue weighted by Gasteiger charge is -2.26. The summed E-state index contributed by atoms with van der Waals surface area (Å²) in [5, 5.41) is 2.39. The number of carbonyl (C=O) groups is 1. The van der Waals surface area contributed by atoms with E-state index in [1.165, 1.54) is 29.2 Å². The maximum Gasteiger partial charge on any atom is 0.246 e. The van der Waals surface area contributed by atoms with E-state index >= 15 is 0 Å². The quantitative estimate of drug-likeness (QED) is 0.527. The van der Waals surface area contributed by atoms with Gasteiger partial charge in [-0.3, -0.25) is 4.79 Å². The van der Waals surface area contributed by atoms with Crippen molar-refractivity contribution in [3.05, 3.63) is 36.4 Å². The van der Waals surface area contributed by atoms with Crippen molar-refractivity contribution < 1.29 is 27.4 Å². The van der Waals surface area contributed by atoms with E-state index in [0.717, 1.165) is 24.2 Å². The third-order valence-corrected chi connectivity index (χ3v) is 8.41. The number of hydrogen-bond acceptors (Lipinski definition) is 7. The summed E-state index contributed by atoms with van der Waals surface area (Å²) < 4.78 is 43.8. The van der Waals surface area contributed by atoms with Crippen LogP contribution in [0, 0.1) is 0 Å². The second-order valence-electron chi connectivity index (χ2n) is 7.60. The van der Waals surface area contributed by atoms with Gasteiger partial charge in [-0.1, -0.05) is 6.42 Å². The van der Waals surface area contributed by atoms with Crippen molar-refractivity contribution in [2.75, 3.05) is 39.7 Å². The Morgan fingerprint density at radius 3 is 2.21 bits per heavy atom. The van der Waals surface area contributed by atoms with Crippen LogP contribution in [-0.2, 0) is 14.8 Å². The molecule has 1 saturated heterocycles. The monoisotopic (exact) mass is 494 g/mol. The first-order chi connectivity index (χ1) is 15.8. The van der Waals surface area contributed by atoms with E-state index in [1.54, 1.807) is 39.3 Å². The predicted octanol–water partition coefficient (Wildman–Crippen LogP) is 4.01. The summed E-state index contributed by atoms with van der Waals surface area (Å²) in [6.07, 6.45) is 2.70. The molecule has 1 atom stereocenters. The van der Waals surface area contributed by atoms with Crippen LogP contribution in [-0.4, -0.2) is 58.3 Å². The van der Waals surface area contributed by atoms with Gasteiger partial charge in [0.2, 0.25) is 15.9 Å². The molecule has 0 bridgehead atoms. The van der Waals surface area contributed by atoms with E-state index in [2.05, 4.69) is 5.32 Å². The molecule has 0 unspecified atom stereocenters. The number of anilines is 1. The van der Waals surface area contributed by atoms with Gasteiger partial charge in [0, 0.05) is 23.7 Å². The number of rotatable bonds is 9. The number of sulfonamides is 1. The van der Waals surface area contributed by atoms with E-state index < -0.39 is 15.3 Å². The van der Waals surface area contributed by atoms with Gasteiger partial charge in [-0.15, -0.1) is 11.8 Å². The molecule has 0 aromatic heterocycles. The molecule has 0 radical (unpaired) electrons. The van der Waals surface area contributed by atoms with Crippen molar-refractivity contribution >= 4 is 33.4 Å². The average molecular weight is 495 g/mol. The summed E-state index contributed by atoms with van der Waals surface area (Å²) in [5.41, 5.74) is 0.399. The first-order valence-corrected chi connectivity index (χ1v) is 13.0. The van der Waals surface area contributed by atoms with Crippen LogP contribution in [0.4, 0.5) is 5.69 Å². The molecule has 1 amide bonds. The molecule has 3 rings (SSSR count). The fourth-order valence-electron chi connectivity index (χ4n) is 3.59. The molecular weight excluding hydrogens is 464 g/mol. The number of thioether (sulfide) groups is 1. The smallest absolute Gasteiger partial charge is 0.246 e. The van der Waals surface area contributed by atoms with Crippen LogP contribution in [0.25, 0.3) is 0 Å². The number of piperidine rings is 1. The van der Waals surface area contributed by atoms with Crippen LogP contribution in [0.2, 0.25) is 0 Å². The summed E-state index contributed by atoms with van der Waals surface area (Å²) in [6, 6.07) is 10.1. The second kappa shape index (κ2) is 11.1. The molecule has 1 heterocycles. The summed E-state index contributed by atoms with van der Waals surface area (Å²) in [6.45, 7) is 2.76. The van der Waals surface area contributed by atoms with Gasteiger partial charge >= 0.3 is 0 Å². The van der Waals surface area contributed by atoms with E-state index in [-0.39, 0.29) is 16.6 Å². The highest BCUT2D eigenvalue weighted by atomic mass is 32.2. The van der Waals surface area contributed by atoms with Gasteiger partial charge in [-0.25, -0.2) is 8.42 Å². The van der Waals surface area contributed by atoms with Crippen LogP contribution >= 0.6 is 11.8 Å². The highest BCUT2D eigenvalue weighted by Gasteiger charge is 2.29.